The van der Waals surface area contributed by atoms with Crippen LogP contribution in [0, 0.1) is 6.92 Å². The molecule has 3 rings (SSSR count). The number of aryl methyl sites for hydroxylation is 1. The van der Waals surface area contributed by atoms with Crippen LogP contribution in [0.3, 0.4) is 0 Å². The summed E-state index contributed by atoms with van der Waals surface area (Å²) in [6.45, 7) is 3.29. The number of amides is 1. The first-order valence-electron chi connectivity index (χ1n) is 8.68. The molecule has 138 valence electrons. The third-order valence-electron chi connectivity index (χ3n) is 4.86. The molecule has 0 bridgehead atoms. The van der Waals surface area contributed by atoms with Crippen molar-refractivity contribution in [2.45, 2.75) is 25.8 Å². The van der Waals surface area contributed by atoms with Crippen LogP contribution in [0.1, 0.15) is 23.5 Å². The van der Waals surface area contributed by atoms with Crippen LogP contribution >= 0.6 is 0 Å². The summed E-state index contributed by atoms with van der Waals surface area (Å²) >= 11 is 0. The van der Waals surface area contributed by atoms with Crippen LogP contribution in [-0.2, 0) is 16.1 Å². The number of ether oxygens (including phenoxy) is 2. The summed E-state index contributed by atoms with van der Waals surface area (Å²) in [5.74, 6) is 0.838. The highest BCUT2D eigenvalue weighted by molar-refractivity contribution is 5.97. The normalized spacial score (nSPS) is 17.0. The molecule has 0 aliphatic carbocycles. The molecule has 1 atom stereocenters. The van der Waals surface area contributed by atoms with Gasteiger partial charge in [0.2, 0.25) is 5.91 Å². The third kappa shape index (κ3) is 3.51. The fourth-order valence-corrected chi connectivity index (χ4v) is 3.37. The lowest BCUT2D eigenvalue weighted by Crippen LogP contribution is -2.34. The molecule has 1 aromatic heterocycles. The van der Waals surface area contributed by atoms with Gasteiger partial charge in [-0.3, -0.25) is 9.59 Å². The zero-order chi connectivity index (χ0) is 18.7. The van der Waals surface area contributed by atoms with Crippen LogP contribution in [0.15, 0.2) is 41.3 Å². The second kappa shape index (κ2) is 7.74. The second-order valence-corrected chi connectivity index (χ2v) is 6.52. The smallest absolute Gasteiger partial charge is 0.274 e. The molecule has 1 saturated heterocycles. The van der Waals surface area contributed by atoms with Crippen LogP contribution in [-0.4, -0.2) is 37.8 Å². The van der Waals surface area contributed by atoms with Crippen molar-refractivity contribution in [1.82, 2.24) is 4.57 Å². The highest BCUT2D eigenvalue weighted by Gasteiger charge is 2.34. The molecule has 0 saturated carbocycles. The van der Waals surface area contributed by atoms with Crippen LogP contribution < -0.4 is 15.2 Å². The van der Waals surface area contributed by atoms with Gasteiger partial charge in [-0.15, -0.1) is 0 Å². The Labute approximate surface area is 153 Å². The molecule has 6 heteroatoms. The van der Waals surface area contributed by atoms with Crippen LogP contribution in [0.5, 0.6) is 5.75 Å². The average molecular weight is 356 g/mol. The number of anilines is 1. The Morgan fingerprint density at radius 2 is 1.85 bits per heavy atom. The fraction of sp³-hybridized carbons (Fsp3) is 0.400. The van der Waals surface area contributed by atoms with Crippen molar-refractivity contribution in [3.8, 4) is 5.75 Å². The Hall–Kier alpha value is -2.60. The summed E-state index contributed by atoms with van der Waals surface area (Å²) in [6, 6.07) is 9.63. The standard InChI is InChI=1S/C20H24N2O4/c1-14-8-9-21(10-11-25-2)20(24)19(14)22-13-16(12-18(22)23)15-4-6-17(26-3)7-5-15/h4-9,16H,10-13H2,1-3H3. The van der Waals surface area contributed by atoms with Gasteiger partial charge in [0.25, 0.3) is 5.56 Å². The first-order chi connectivity index (χ1) is 12.5. The number of methoxy groups -OCH3 is 2. The van der Waals surface area contributed by atoms with Crippen molar-refractivity contribution in [3.63, 3.8) is 0 Å². The van der Waals surface area contributed by atoms with Gasteiger partial charge in [-0.1, -0.05) is 12.1 Å². The van der Waals surface area contributed by atoms with Gasteiger partial charge in [0.1, 0.15) is 11.4 Å². The van der Waals surface area contributed by atoms with E-state index in [1.807, 2.05) is 37.3 Å². The highest BCUT2D eigenvalue weighted by Crippen LogP contribution is 2.32. The number of hydrogen-bond donors (Lipinski definition) is 0. The molecule has 0 radical (unpaired) electrons. The maximum Gasteiger partial charge on any atom is 0.274 e. The number of aromatic nitrogens is 1. The van der Waals surface area contributed by atoms with E-state index in [2.05, 4.69) is 0 Å². The van der Waals surface area contributed by atoms with E-state index >= 15 is 0 Å². The maximum atomic E-state index is 12.9. The Morgan fingerprint density at radius 3 is 2.50 bits per heavy atom. The number of nitrogens with zero attached hydrogens (tertiary/aromatic N) is 2. The van der Waals surface area contributed by atoms with Gasteiger partial charge >= 0.3 is 0 Å². The zero-order valence-electron chi connectivity index (χ0n) is 15.4. The van der Waals surface area contributed by atoms with Crippen molar-refractivity contribution in [2.24, 2.45) is 0 Å². The van der Waals surface area contributed by atoms with Gasteiger partial charge in [-0.2, -0.15) is 0 Å². The molecule has 1 unspecified atom stereocenters. The predicted octanol–water partition coefficient (Wildman–Crippen LogP) is 2.33. The van der Waals surface area contributed by atoms with Crippen LogP contribution in [0.2, 0.25) is 0 Å². The molecule has 2 heterocycles. The van der Waals surface area contributed by atoms with Crippen molar-refractivity contribution in [3.05, 3.63) is 58.0 Å². The number of carbonyl (C=O) groups is 1. The number of pyridine rings is 1. The minimum Gasteiger partial charge on any atom is -0.497 e. The van der Waals surface area contributed by atoms with Gasteiger partial charge in [-0.05, 0) is 36.2 Å². The minimum absolute atomic E-state index is 0.0180. The molecular formula is C20H24N2O4. The van der Waals surface area contributed by atoms with E-state index in [0.717, 1.165) is 16.9 Å². The third-order valence-corrected chi connectivity index (χ3v) is 4.86. The Bertz CT molecular complexity index is 842. The predicted molar refractivity (Wildman–Crippen MR) is 100 cm³/mol. The minimum atomic E-state index is -0.147. The monoisotopic (exact) mass is 356 g/mol. The summed E-state index contributed by atoms with van der Waals surface area (Å²) in [4.78, 5) is 27.1. The molecule has 1 amide bonds. The average Bonchev–Trinajstić information content (AvgIpc) is 3.03. The summed E-state index contributed by atoms with van der Waals surface area (Å²) in [5.41, 5.74) is 2.22. The topological polar surface area (TPSA) is 60.8 Å². The van der Waals surface area contributed by atoms with Crippen molar-refractivity contribution in [1.29, 1.82) is 0 Å². The molecule has 26 heavy (non-hydrogen) atoms. The summed E-state index contributed by atoms with van der Waals surface area (Å²) < 4.78 is 11.8. The van der Waals surface area contributed by atoms with E-state index in [4.69, 9.17) is 9.47 Å². The first kappa shape index (κ1) is 18.2. The van der Waals surface area contributed by atoms with Crippen molar-refractivity contribution in [2.75, 3.05) is 32.3 Å². The van der Waals surface area contributed by atoms with Crippen molar-refractivity contribution >= 4 is 11.6 Å². The molecule has 1 aromatic carbocycles. The van der Waals surface area contributed by atoms with Gasteiger partial charge in [0, 0.05) is 38.7 Å². The largest absolute Gasteiger partial charge is 0.497 e. The first-order valence-corrected chi connectivity index (χ1v) is 8.68. The maximum absolute atomic E-state index is 12.9. The molecule has 0 spiro atoms. The number of hydrogen-bond acceptors (Lipinski definition) is 4. The lowest BCUT2D eigenvalue weighted by atomic mass is 9.98. The van der Waals surface area contributed by atoms with E-state index in [9.17, 15) is 9.59 Å². The molecular weight excluding hydrogens is 332 g/mol. The Balaban J connectivity index is 1.88. The van der Waals surface area contributed by atoms with E-state index in [1.54, 1.807) is 29.9 Å². The summed E-state index contributed by atoms with van der Waals surface area (Å²) in [7, 11) is 3.23. The van der Waals surface area contributed by atoms with Gasteiger partial charge in [0.15, 0.2) is 0 Å². The van der Waals surface area contributed by atoms with Gasteiger partial charge in [0.05, 0.1) is 13.7 Å². The quantitative estimate of drug-likeness (QED) is 0.797. The molecule has 1 aliphatic rings. The lowest BCUT2D eigenvalue weighted by Gasteiger charge is -2.20. The van der Waals surface area contributed by atoms with Crippen LogP contribution in [0.4, 0.5) is 5.69 Å². The van der Waals surface area contributed by atoms with E-state index < -0.39 is 0 Å². The van der Waals surface area contributed by atoms with E-state index in [-0.39, 0.29) is 17.4 Å². The Morgan fingerprint density at radius 1 is 1.12 bits per heavy atom. The van der Waals surface area contributed by atoms with E-state index in [0.29, 0.717) is 31.8 Å². The van der Waals surface area contributed by atoms with Gasteiger partial charge in [-0.25, -0.2) is 0 Å². The van der Waals surface area contributed by atoms with E-state index in [1.165, 1.54) is 0 Å². The van der Waals surface area contributed by atoms with Gasteiger partial charge < -0.3 is 18.9 Å². The fourth-order valence-electron chi connectivity index (χ4n) is 3.37. The number of benzene rings is 1. The summed E-state index contributed by atoms with van der Waals surface area (Å²) in [6.07, 6.45) is 2.15. The lowest BCUT2D eigenvalue weighted by molar-refractivity contribution is -0.117. The molecule has 1 fully saturated rings. The molecule has 2 aromatic rings. The highest BCUT2D eigenvalue weighted by atomic mass is 16.5. The number of carbonyl (C=O) groups excluding carboxylic acids is 1. The molecule has 1 aliphatic heterocycles. The SMILES string of the molecule is COCCn1ccc(C)c(N2CC(c3ccc(OC)cc3)CC2=O)c1=O. The number of rotatable bonds is 6. The Kier molecular flexibility index (Phi) is 5.42. The zero-order valence-corrected chi connectivity index (χ0v) is 15.4. The summed E-state index contributed by atoms with van der Waals surface area (Å²) in [5, 5.41) is 0. The molecule has 0 N–H and O–H groups in total. The second-order valence-electron chi connectivity index (χ2n) is 6.52. The van der Waals surface area contributed by atoms with Crippen LogP contribution in [0.25, 0.3) is 0 Å². The van der Waals surface area contributed by atoms with Crippen molar-refractivity contribution < 1.29 is 14.3 Å². The molecule has 6 nitrogen and oxygen atoms in total.